The summed E-state index contributed by atoms with van der Waals surface area (Å²) in [6.45, 7) is 0.170. The summed E-state index contributed by atoms with van der Waals surface area (Å²) in [6, 6.07) is 14.7. The summed E-state index contributed by atoms with van der Waals surface area (Å²) in [6.07, 6.45) is 0.674. The maximum absolute atomic E-state index is 11.8. The van der Waals surface area contributed by atoms with E-state index in [2.05, 4.69) is 10.6 Å². The SMILES string of the molecule is COc1cccc(CCNC(=O)CNC(=O)COc2ccccc2OC)c1. The Morgan fingerprint density at radius 3 is 2.41 bits per heavy atom. The molecule has 0 aliphatic heterocycles. The van der Waals surface area contributed by atoms with Crippen molar-refractivity contribution in [3.63, 3.8) is 0 Å². The number of hydrogen-bond donors (Lipinski definition) is 2. The van der Waals surface area contributed by atoms with Gasteiger partial charge in [-0.1, -0.05) is 24.3 Å². The molecule has 144 valence electrons. The minimum absolute atomic E-state index is 0.105. The summed E-state index contributed by atoms with van der Waals surface area (Å²) in [7, 11) is 3.14. The number of rotatable bonds is 10. The molecular formula is C20H24N2O5. The maximum Gasteiger partial charge on any atom is 0.258 e. The van der Waals surface area contributed by atoms with Gasteiger partial charge in [0.2, 0.25) is 5.91 Å². The average Bonchev–Trinajstić information content (AvgIpc) is 2.71. The van der Waals surface area contributed by atoms with Gasteiger partial charge < -0.3 is 24.8 Å². The number of carbonyl (C=O) groups is 2. The Bertz CT molecular complexity index is 764. The van der Waals surface area contributed by atoms with Crippen LogP contribution in [0.1, 0.15) is 5.56 Å². The summed E-state index contributed by atoms with van der Waals surface area (Å²) in [4.78, 5) is 23.6. The molecule has 0 saturated heterocycles. The van der Waals surface area contributed by atoms with E-state index in [4.69, 9.17) is 14.2 Å². The van der Waals surface area contributed by atoms with E-state index in [1.807, 2.05) is 30.3 Å². The molecule has 2 aromatic carbocycles. The van der Waals surface area contributed by atoms with Crippen LogP contribution < -0.4 is 24.8 Å². The van der Waals surface area contributed by atoms with Crippen LogP contribution in [-0.4, -0.2) is 45.7 Å². The summed E-state index contributed by atoms with van der Waals surface area (Å²) < 4.78 is 15.7. The third kappa shape index (κ3) is 6.89. The molecule has 0 bridgehead atoms. The van der Waals surface area contributed by atoms with E-state index in [9.17, 15) is 9.59 Å². The second-order valence-corrected chi connectivity index (χ2v) is 5.67. The van der Waals surface area contributed by atoms with Gasteiger partial charge in [0.05, 0.1) is 20.8 Å². The zero-order chi connectivity index (χ0) is 19.5. The lowest BCUT2D eigenvalue weighted by molar-refractivity contribution is -0.127. The van der Waals surface area contributed by atoms with Gasteiger partial charge in [-0.25, -0.2) is 0 Å². The highest BCUT2D eigenvalue weighted by Gasteiger charge is 2.08. The van der Waals surface area contributed by atoms with Gasteiger partial charge in [-0.15, -0.1) is 0 Å². The standard InChI is InChI=1S/C20H24N2O5/c1-25-16-7-5-6-15(12-16)10-11-21-19(23)13-22-20(24)14-27-18-9-4-3-8-17(18)26-2/h3-9,12H,10-11,13-14H2,1-2H3,(H,21,23)(H,22,24). The zero-order valence-electron chi connectivity index (χ0n) is 15.5. The summed E-state index contributed by atoms with van der Waals surface area (Å²) >= 11 is 0. The number of nitrogens with one attached hydrogen (secondary N) is 2. The van der Waals surface area contributed by atoms with E-state index in [-0.39, 0.29) is 25.0 Å². The molecule has 27 heavy (non-hydrogen) atoms. The van der Waals surface area contributed by atoms with Crippen LogP contribution >= 0.6 is 0 Å². The topological polar surface area (TPSA) is 85.9 Å². The van der Waals surface area contributed by atoms with Gasteiger partial charge in [0.15, 0.2) is 18.1 Å². The van der Waals surface area contributed by atoms with Gasteiger partial charge in [0.25, 0.3) is 5.91 Å². The first-order valence-corrected chi connectivity index (χ1v) is 8.54. The first kappa shape index (κ1) is 20.1. The molecule has 0 spiro atoms. The van der Waals surface area contributed by atoms with E-state index in [1.54, 1.807) is 25.3 Å². The molecule has 2 aromatic rings. The van der Waals surface area contributed by atoms with Crippen molar-refractivity contribution in [3.05, 3.63) is 54.1 Å². The Morgan fingerprint density at radius 2 is 1.67 bits per heavy atom. The van der Waals surface area contributed by atoms with Crippen molar-refractivity contribution in [1.82, 2.24) is 10.6 Å². The second-order valence-electron chi connectivity index (χ2n) is 5.67. The molecule has 2 rings (SSSR count). The Kier molecular flexibility index (Phi) is 7.96. The van der Waals surface area contributed by atoms with E-state index >= 15 is 0 Å². The van der Waals surface area contributed by atoms with Crippen molar-refractivity contribution in [2.45, 2.75) is 6.42 Å². The van der Waals surface area contributed by atoms with Gasteiger partial charge >= 0.3 is 0 Å². The molecule has 0 unspecified atom stereocenters. The fourth-order valence-electron chi connectivity index (χ4n) is 2.35. The number of hydrogen-bond acceptors (Lipinski definition) is 5. The van der Waals surface area contributed by atoms with Crippen LogP contribution in [0.15, 0.2) is 48.5 Å². The Morgan fingerprint density at radius 1 is 0.889 bits per heavy atom. The van der Waals surface area contributed by atoms with Crippen molar-refractivity contribution < 1.29 is 23.8 Å². The molecule has 0 saturated carbocycles. The van der Waals surface area contributed by atoms with Crippen LogP contribution in [0.4, 0.5) is 0 Å². The zero-order valence-corrected chi connectivity index (χ0v) is 15.5. The summed E-state index contributed by atoms with van der Waals surface area (Å²) in [5.41, 5.74) is 1.06. The van der Waals surface area contributed by atoms with E-state index in [0.717, 1.165) is 11.3 Å². The average molecular weight is 372 g/mol. The molecule has 0 fully saturated rings. The van der Waals surface area contributed by atoms with Crippen LogP contribution in [0.25, 0.3) is 0 Å². The molecule has 0 heterocycles. The van der Waals surface area contributed by atoms with E-state index in [0.29, 0.717) is 24.5 Å². The number of ether oxygens (including phenoxy) is 3. The third-order valence-electron chi connectivity index (χ3n) is 3.74. The quantitative estimate of drug-likeness (QED) is 0.661. The van der Waals surface area contributed by atoms with Crippen molar-refractivity contribution in [1.29, 1.82) is 0 Å². The molecule has 7 nitrogen and oxygen atoms in total. The van der Waals surface area contributed by atoms with Crippen molar-refractivity contribution in [3.8, 4) is 17.2 Å². The van der Waals surface area contributed by atoms with E-state index in [1.165, 1.54) is 7.11 Å². The Hall–Kier alpha value is -3.22. The highest BCUT2D eigenvalue weighted by atomic mass is 16.5. The molecule has 2 N–H and O–H groups in total. The molecule has 2 amide bonds. The first-order chi connectivity index (χ1) is 13.1. The largest absolute Gasteiger partial charge is 0.497 e. The monoisotopic (exact) mass is 372 g/mol. The van der Waals surface area contributed by atoms with Gasteiger partial charge in [0.1, 0.15) is 5.75 Å². The van der Waals surface area contributed by atoms with Crippen LogP contribution in [0.5, 0.6) is 17.2 Å². The lowest BCUT2D eigenvalue weighted by atomic mass is 10.1. The van der Waals surface area contributed by atoms with Crippen LogP contribution in [-0.2, 0) is 16.0 Å². The Labute approximate surface area is 158 Å². The Balaban J connectivity index is 1.65. The normalized spacial score (nSPS) is 10.0. The van der Waals surface area contributed by atoms with Crippen molar-refractivity contribution >= 4 is 11.8 Å². The summed E-state index contributed by atoms with van der Waals surface area (Å²) in [5.74, 6) is 1.15. The number of amides is 2. The predicted molar refractivity (Wildman–Crippen MR) is 101 cm³/mol. The smallest absolute Gasteiger partial charge is 0.258 e. The predicted octanol–water partition coefficient (Wildman–Crippen LogP) is 1.56. The number of benzene rings is 2. The van der Waals surface area contributed by atoms with E-state index < -0.39 is 0 Å². The van der Waals surface area contributed by atoms with Crippen molar-refractivity contribution in [2.24, 2.45) is 0 Å². The summed E-state index contributed by atoms with van der Waals surface area (Å²) in [5, 5.41) is 5.28. The van der Waals surface area contributed by atoms with Gasteiger partial charge in [0, 0.05) is 6.54 Å². The minimum atomic E-state index is -0.385. The number of para-hydroxylation sites is 2. The second kappa shape index (κ2) is 10.7. The lowest BCUT2D eigenvalue weighted by Crippen LogP contribution is -2.39. The highest BCUT2D eigenvalue weighted by molar-refractivity contribution is 5.85. The van der Waals surface area contributed by atoms with Crippen LogP contribution in [0.2, 0.25) is 0 Å². The molecular weight excluding hydrogens is 348 g/mol. The molecule has 7 heteroatoms. The fourth-order valence-corrected chi connectivity index (χ4v) is 2.35. The molecule has 0 aliphatic rings. The van der Waals surface area contributed by atoms with Gasteiger partial charge in [-0.2, -0.15) is 0 Å². The third-order valence-corrected chi connectivity index (χ3v) is 3.74. The molecule has 0 aromatic heterocycles. The van der Waals surface area contributed by atoms with Crippen molar-refractivity contribution in [2.75, 3.05) is 33.9 Å². The minimum Gasteiger partial charge on any atom is -0.497 e. The fraction of sp³-hybridized carbons (Fsp3) is 0.300. The van der Waals surface area contributed by atoms with Gasteiger partial charge in [-0.3, -0.25) is 9.59 Å². The highest BCUT2D eigenvalue weighted by Crippen LogP contribution is 2.25. The van der Waals surface area contributed by atoms with Crippen LogP contribution in [0, 0.1) is 0 Å². The molecule has 0 atom stereocenters. The van der Waals surface area contributed by atoms with Gasteiger partial charge in [-0.05, 0) is 36.2 Å². The van der Waals surface area contributed by atoms with Crippen LogP contribution in [0.3, 0.4) is 0 Å². The first-order valence-electron chi connectivity index (χ1n) is 8.54. The molecule has 0 aliphatic carbocycles. The molecule has 0 radical (unpaired) electrons. The number of carbonyl (C=O) groups excluding carboxylic acids is 2. The number of methoxy groups -OCH3 is 2. The maximum atomic E-state index is 11.8. The lowest BCUT2D eigenvalue weighted by Gasteiger charge is -2.10.